The fraction of sp³-hybridized carbons (Fsp3) is 0.0909. The van der Waals surface area contributed by atoms with Crippen LogP contribution in [0.5, 0.6) is 0 Å². The van der Waals surface area contributed by atoms with Gasteiger partial charge in [-0.15, -0.1) is 0 Å². The van der Waals surface area contributed by atoms with Gasteiger partial charge in [0.1, 0.15) is 22.3 Å². The van der Waals surface area contributed by atoms with E-state index in [2.05, 4.69) is 219 Å². The SMILES string of the molecule is CC1(C)c2ccccc2-c2cc3c4cc5oc6ccccc6c5cc4n(-c4ccc(-c5ccc(-n6c7cc8c(cc7c7cc9oc%10ccccc%10c9cc76)-c6ccccc6C8(C)C)cc5)cc4)c3cc21. The molecule has 0 bridgehead atoms. The van der Waals surface area contributed by atoms with E-state index in [4.69, 9.17) is 8.83 Å². The van der Waals surface area contributed by atoms with Gasteiger partial charge in [-0.1, -0.05) is 137 Å². The van der Waals surface area contributed by atoms with E-state index in [1.807, 2.05) is 12.1 Å². The standard InChI is InChI=1S/C66H44N2O2/c1-65(2)53-17-9-5-13-41(53)45-29-47-49-33-63-51(43-15-7-11-19-61(43)69-63)31-57(49)67(59(47)35-55(45)65)39-25-21-37(22-26-39)38-23-27-40(28-24-38)68-58-32-52-44-16-8-12-20-62(44)70-64(52)34-50(58)48-30-46-42-14-6-10-18-54(42)66(3,4)56(46)36-60(48)68/h5-36H,1-4H3. The Morgan fingerprint density at radius 3 is 1.10 bits per heavy atom. The minimum absolute atomic E-state index is 0.122. The zero-order valence-electron chi connectivity index (χ0n) is 39.2. The average molecular weight is 897 g/mol. The van der Waals surface area contributed by atoms with Gasteiger partial charge in [0, 0.05) is 65.3 Å². The monoisotopic (exact) mass is 896 g/mol. The first-order valence-corrected chi connectivity index (χ1v) is 24.5. The summed E-state index contributed by atoms with van der Waals surface area (Å²) in [5, 5.41) is 9.37. The summed E-state index contributed by atoms with van der Waals surface area (Å²) in [5.74, 6) is 0. The normalized spacial score (nSPS) is 14.5. The highest BCUT2D eigenvalue weighted by Crippen LogP contribution is 2.53. The van der Waals surface area contributed by atoms with Crippen LogP contribution in [0.3, 0.4) is 0 Å². The van der Waals surface area contributed by atoms with E-state index in [1.54, 1.807) is 0 Å². The largest absolute Gasteiger partial charge is 0.456 e. The van der Waals surface area contributed by atoms with E-state index in [1.165, 1.54) is 99.2 Å². The Labute approximate surface area is 403 Å². The van der Waals surface area contributed by atoms with Gasteiger partial charge in [-0.3, -0.25) is 0 Å². The van der Waals surface area contributed by atoms with E-state index in [0.717, 1.165) is 55.3 Å². The van der Waals surface area contributed by atoms with Crippen molar-refractivity contribution in [2.75, 3.05) is 0 Å². The van der Waals surface area contributed by atoms with Crippen molar-refractivity contribution in [3.05, 3.63) is 216 Å². The van der Waals surface area contributed by atoms with Crippen molar-refractivity contribution < 1.29 is 8.83 Å². The minimum Gasteiger partial charge on any atom is -0.456 e. The first-order chi connectivity index (χ1) is 34.2. The van der Waals surface area contributed by atoms with Crippen LogP contribution < -0.4 is 0 Å². The number of fused-ring (bicyclic) bond motifs is 18. The average Bonchev–Trinajstić information content (AvgIpc) is 4.20. The Morgan fingerprint density at radius 1 is 0.286 bits per heavy atom. The molecule has 70 heavy (non-hydrogen) atoms. The van der Waals surface area contributed by atoms with Gasteiger partial charge in [0.15, 0.2) is 0 Å². The molecular weight excluding hydrogens is 853 g/mol. The molecule has 4 aromatic heterocycles. The molecule has 2 aliphatic rings. The molecule has 0 fully saturated rings. The number of aromatic nitrogens is 2. The van der Waals surface area contributed by atoms with Crippen LogP contribution in [0.25, 0.3) is 132 Å². The summed E-state index contributed by atoms with van der Waals surface area (Å²) in [6, 6.07) is 71.9. The third-order valence-corrected chi connectivity index (χ3v) is 16.5. The Bertz CT molecular complexity index is 4330. The van der Waals surface area contributed by atoms with Crippen LogP contribution in [-0.4, -0.2) is 9.13 Å². The topological polar surface area (TPSA) is 36.1 Å². The third kappa shape index (κ3) is 4.90. The molecule has 16 rings (SSSR count). The van der Waals surface area contributed by atoms with Gasteiger partial charge in [-0.2, -0.15) is 0 Å². The maximum atomic E-state index is 6.50. The fourth-order valence-corrected chi connectivity index (χ4v) is 13.0. The molecule has 4 heteroatoms. The Balaban J connectivity index is 0.850. The number of rotatable bonds is 3. The molecular formula is C66H44N2O2. The summed E-state index contributed by atoms with van der Waals surface area (Å²) >= 11 is 0. The van der Waals surface area contributed by atoms with Crippen molar-refractivity contribution >= 4 is 87.5 Å². The molecule has 0 saturated heterocycles. The summed E-state index contributed by atoms with van der Waals surface area (Å²) in [4.78, 5) is 0. The Kier molecular flexibility index (Phi) is 7.20. The molecule has 0 radical (unpaired) electrons. The van der Waals surface area contributed by atoms with Gasteiger partial charge < -0.3 is 18.0 Å². The van der Waals surface area contributed by atoms with E-state index in [-0.39, 0.29) is 10.8 Å². The number of nitrogens with zero attached hydrogens (tertiary/aromatic N) is 2. The molecule has 330 valence electrons. The second-order valence-corrected chi connectivity index (χ2v) is 20.9. The number of benzene rings is 10. The molecule has 2 aliphatic carbocycles. The van der Waals surface area contributed by atoms with E-state index in [0.29, 0.717) is 0 Å². The summed E-state index contributed by atoms with van der Waals surface area (Å²) in [7, 11) is 0. The fourth-order valence-electron chi connectivity index (χ4n) is 13.0. The molecule has 0 saturated carbocycles. The molecule has 10 aromatic carbocycles. The second-order valence-electron chi connectivity index (χ2n) is 20.9. The van der Waals surface area contributed by atoms with Crippen LogP contribution in [0.2, 0.25) is 0 Å². The second kappa shape index (κ2) is 13.1. The number of furan rings is 2. The third-order valence-electron chi connectivity index (χ3n) is 16.5. The molecule has 0 spiro atoms. The van der Waals surface area contributed by atoms with Gasteiger partial charge in [-0.25, -0.2) is 0 Å². The lowest BCUT2D eigenvalue weighted by Crippen LogP contribution is -2.15. The smallest absolute Gasteiger partial charge is 0.136 e. The maximum absolute atomic E-state index is 6.50. The lowest BCUT2D eigenvalue weighted by Gasteiger charge is -2.21. The number of para-hydroxylation sites is 2. The molecule has 0 aliphatic heterocycles. The zero-order chi connectivity index (χ0) is 46.4. The van der Waals surface area contributed by atoms with Gasteiger partial charge in [0.25, 0.3) is 0 Å². The molecule has 0 N–H and O–H groups in total. The highest BCUT2D eigenvalue weighted by molar-refractivity contribution is 6.20. The van der Waals surface area contributed by atoms with Gasteiger partial charge in [0.05, 0.1) is 22.1 Å². The van der Waals surface area contributed by atoms with Crippen LogP contribution in [0.1, 0.15) is 49.9 Å². The van der Waals surface area contributed by atoms with Crippen molar-refractivity contribution in [3.63, 3.8) is 0 Å². The highest BCUT2D eigenvalue weighted by atomic mass is 16.3. The van der Waals surface area contributed by atoms with Crippen LogP contribution in [0, 0.1) is 0 Å². The van der Waals surface area contributed by atoms with Crippen LogP contribution >= 0.6 is 0 Å². The number of hydrogen-bond acceptors (Lipinski definition) is 2. The van der Waals surface area contributed by atoms with Crippen molar-refractivity contribution in [2.24, 2.45) is 0 Å². The zero-order valence-corrected chi connectivity index (χ0v) is 39.2. The highest BCUT2D eigenvalue weighted by Gasteiger charge is 2.38. The van der Waals surface area contributed by atoms with Gasteiger partial charge in [-0.05, 0) is 141 Å². The van der Waals surface area contributed by atoms with Gasteiger partial charge in [0.2, 0.25) is 0 Å². The molecule has 0 amide bonds. The predicted octanol–water partition coefficient (Wildman–Crippen LogP) is 18.0. The first-order valence-electron chi connectivity index (χ1n) is 24.5. The van der Waals surface area contributed by atoms with E-state index < -0.39 is 0 Å². The lowest BCUT2D eigenvalue weighted by molar-refractivity contribution is 0.661. The molecule has 14 aromatic rings. The van der Waals surface area contributed by atoms with Crippen LogP contribution in [0.15, 0.2) is 203 Å². The van der Waals surface area contributed by atoms with Crippen molar-refractivity contribution in [3.8, 4) is 44.8 Å². The molecule has 0 atom stereocenters. The quantitative estimate of drug-likeness (QED) is 0.177. The summed E-state index contributed by atoms with van der Waals surface area (Å²) < 4.78 is 17.9. The van der Waals surface area contributed by atoms with Crippen LogP contribution in [0.4, 0.5) is 0 Å². The number of hydrogen-bond donors (Lipinski definition) is 0. The summed E-state index contributed by atoms with van der Waals surface area (Å²) in [6.45, 7) is 9.46. The predicted molar refractivity (Wildman–Crippen MR) is 290 cm³/mol. The van der Waals surface area contributed by atoms with Crippen LogP contribution in [-0.2, 0) is 10.8 Å². The summed E-state index contributed by atoms with van der Waals surface area (Å²) in [6.07, 6.45) is 0. The minimum atomic E-state index is -0.122. The Morgan fingerprint density at radius 2 is 0.657 bits per heavy atom. The maximum Gasteiger partial charge on any atom is 0.136 e. The van der Waals surface area contributed by atoms with Crippen molar-refractivity contribution in [1.29, 1.82) is 0 Å². The first kappa shape index (κ1) is 38.4. The van der Waals surface area contributed by atoms with Gasteiger partial charge >= 0.3 is 0 Å². The van der Waals surface area contributed by atoms with E-state index in [9.17, 15) is 0 Å². The van der Waals surface area contributed by atoms with E-state index >= 15 is 0 Å². The molecule has 0 unspecified atom stereocenters. The Hall–Kier alpha value is -8.60. The lowest BCUT2D eigenvalue weighted by atomic mass is 9.82. The summed E-state index contributed by atoms with van der Waals surface area (Å²) in [5.41, 5.74) is 23.5. The molecule has 4 nitrogen and oxygen atoms in total. The molecule has 4 heterocycles. The van der Waals surface area contributed by atoms with Crippen molar-refractivity contribution in [2.45, 2.75) is 38.5 Å². The van der Waals surface area contributed by atoms with Crippen molar-refractivity contribution in [1.82, 2.24) is 9.13 Å².